The fraction of sp³-hybridized carbons (Fsp3) is 0.455. The molecule has 0 amide bonds. The molecule has 2 aromatic carbocycles. The Morgan fingerprint density at radius 1 is 0.889 bits per heavy atom. The number of anilines is 1. The fourth-order valence-corrected chi connectivity index (χ4v) is 4.76. The van der Waals surface area contributed by atoms with Gasteiger partial charge in [0.25, 0.3) is 0 Å². The van der Waals surface area contributed by atoms with Gasteiger partial charge in [0, 0.05) is 51.9 Å². The van der Waals surface area contributed by atoms with Gasteiger partial charge >= 0.3 is 0 Å². The summed E-state index contributed by atoms with van der Waals surface area (Å²) in [6.45, 7) is 9.91. The Kier molecular flexibility index (Phi) is 5.93. The molecular weight excluding hydrogens is 377 g/mol. The normalized spacial score (nSPS) is 21.3. The average Bonchev–Trinajstić information content (AvgIpc) is 2.70. The summed E-state index contributed by atoms with van der Waals surface area (Å²) in [4.78, 5) is 7.55. The summed E-state index contributed by atoms with van der Waals surface area (Å²) in [5.74, 6) is 0. The molecule has 144 valence electrons. The van der Waals surface area contributed by atoms with Crippen LogP contribution in [0.5, 0.6) is 0 Å². The van der Waals surface area contributed by atoms with Gasteiger partial charge in [-0.2, -0.15) is 0 Å². The summed E-state index contributed by atoms with van der Waals surface area (Å²) in [7, 11) is 0. The predicted molar refractivity (Wildman–Crippen MR) is 115 cm³/mol. The molecule has 4 rings (SSSR count). The number of hydrogen-bond donors (Lipinski definition) is 0. The summed E-state index contributed by atoms with van der Waals surface area (Å²) in [5, 5.41) is 1.31. The van der Waals surface area contributed by atoms with Crippen LogP contribution in [-0.2, 0) is 6.42 Å². The highest BCUT2D eigenvalue weighted by Gasteiger charge is 2.25. The fourth-order valence-electron chi connectivity index (χ4n) is 4.35. The molecule has 1 unspecified atom stereocenters. The second-order valence-electron chi connectivity index (χ2n) is 7.56. The van der Waals surface area contributed by atoms with Crippen LogP contribution in [0.3, 0.4) is 0 Å². The van der Waals surface area contributed by atoms with E-state index in [9.17, 15) is 0 Å². The molecule has 0 saturated carbocycles. The molecule has 3 nitrogen and oxygen atoms in total. The lowest BCUT2D eigenvalue weighted by Crippen LogP contribution is -2.49. The van der Waals surface area contributed by atoms with Crippen LogP contribution in [0.25, 0.3) is 0 Å². The van der Waals surface area contributed by atoms with E-state index >= 15 is 0 Å². The zero-order valence-electron chi connectivity index (χ0n) is 15.9. The lowest BCUT2D eigenvalue weighted by Gasteiger charge is -2.39. The molecule has 2 aliphatic rings. The van der Waals surface area contributed by atoms with Crippen LogP contribution in [-0.4, -0.2) is 55.6 Å². The van der Waals surface area contributed by atoms with Gasteiger partial charge in [0.05, 0.1) is 15.7 Å². The van der Waals surface area contributed by atoms with E-state index in [1.165, 1.54) is 17.5 Å². The van der Waals surface area contributed by atoms with Crippen molar-refractivity contribution in [2.75, 3.05) is 50.7 Å². The van der Waals surface area contributed by atoms with Crippen molar-refractivity contribution >= 4 is 28.9 Å². The van der Waals surface area contributed by atoms with Crippen molar-refractivity contribution in [3.8, 4) is 0 Å². The Balaban J connectivity index is 1.30. The van der Waals surface area contributed by atoms with Gasteiger partial charge in [0.15, 0.2) is 0 Å². The topological polar surface area (TPSA) is 9.72 Å². The Labute approximate surface area is 172 Å². The molecule has 0 aliphatic carbocycles. The van der Waals surface area contributed by atoms with E-state index in [-0.39, 0.29) is 0 Å². The highest BCUT2D eigenvalue weighted by atomic mass is 35.5. The molecule has 0 N–H and O–H groups in total. The molecule has 1 saturated heterocycles. The van der Waals surface area contributed by atoms with Crippen LogP contribution in [0.1, 0.15) is 24.1 Å². The van der Waals surface area contributed by atoms with Gasteiger partial charge < -0.3 is 4.90 Å². The van der Waals surface area contributed by atoms with Gasteiger partial charge in [0.2, 0.25) is 0 Å². The molecule has 1 atom stereocenters. The third kappa shape index (κ3) is 4.12. The largest absolute Gasteiger partial charge is 0.368 e. The van der Waals surface area contributed by atoms with Crippen LogP contribution < -0.4 is 4.90 Å². The maximum Gasteiger partial charge on any atom is 0.0825 e. The first-order valence-corrected chi connectivity index (χ1v) is 10.6. The minimum Gasteiger partial charge on any atom is -0.368 e. The van der Waals surface area contributed by atoms with Crippen LogP contribution in [0.2, 0.25) is 10.0 Å². The van der Waals surface area contributed by atoms with Crippen LogP contribution in [0.4, 0.5) is 5.69 Å². The Morgan fingerprint density at radius 2 is 1.67 bits per heavy atom. The number of piperazine rings is 1. The summed E-state index contributed by atoms with van der Waals surface area (Å²) < 4.78 is 0. The number of benzene rings is 2. The Hall–Kier alpha value is -1.26. The molecule has 2 aliphatic heterocycles. The van der Waals surface area contributed by atoms with E-state index < -0.39 is 0 Å². The van der Waals surface area contributed by atoms with Crippen molar-refractivity contribution in [1.82, 2.24) is 9.80 Å². The molecule has 27 heavy (non-hydrogen) atoms. The standard InChI is InChI=1S/C22H27Cl2N3/c1-17-19-6-3-2-5-18(19)9-10-26(17)14-11-25-12-15-27(16-13-25)21-8-4-7-20(23)22(21)24/h2-8,17H,9-16H2,1H3. The molecule has 0 bridgehead atoms. The molecule has 2 heterocycles. The van der Waals surface area contributed by atoms with Crippen molar-refractivity contribution in [1.29, 1.82) is 0 Å². The van der Waals surface area contributed by atoms with Gasteiger partial charge in [-0.15, -0.1) is 0 Å². The summed E-state index contributed by atoms with van der Waals surface area (Å²) in [6, 6.07) is 15.3. The van der Waals surface area contributed by atoms with Crippen molar-refractivity contribution in [3.63, 3.8) is 0 Å². The SMILES string of the molecule is CC1c2ccccc2CCN1CCN1CCN(c2cccc(Cl)c2Cl)CC1. The third-order valence-electron chi connectivity index (χ3n) is 6.07. The number of rotatable bonds is 4. The molecule has 0 aromatic heterocycles. The number of halogens is 2. The Bertz CT molecular complexity index is 787. The highest BCUT2D eigenvalue weighted by Crippen LogP contribution is 2.33. The van der Waals surface area contributed by atoms with Crippen molar-refractivity contribution < 1.29 is 0 Å². The highest BCUT2D eigenvalue weighted by molar-refractivity contribution is 6.43. The molecule has 2 aromatic rings. The van der Waals surface area contributed by atoms with Crippen LogP contribution in [0.15, 0.2) is 42.5 Å². The first kappa shape index (κ1) is 19.1. The van der Waals surface area contributed by atoms with Crippen molar-refractivity contribution in [2.24, 2.45) is 0 Å². The lowest BCUT2D eigenvalue weighted by atomic mass is 9.94. The van der Waals surface area contributed by atoms with Crippen LogP contribution >= 0.6 is 23.2 Å². The van der Waals surface area contributed by atoms with Crippen molar-refractivity contribution in [2.45, 2.75) is 19.4 Å². The zero-order chi connectivity index (χ0) is 18.8. The van der Waals surface area contributed by atoms with E-state index in [1.54, 1.807) is 0 Å². The van der Waals surface area contributed by atoms with E-state index in [1.807, 2.05) is 12.1 Å². The number of nitrogens with zero attached hydrogens (tertiary/aromatic N) is 3. The summed E-state index contributed by atoms with van der Waals surface area (Å²) >= 11 is 12.6. The second kappa shape index (κ2) is 8.40. The maximum atomic E-state index is 6.39. The average molecular weight is 404 g/mol. The molecule has 0 spiro atoms. The number of hydrogen-bond acceptors (Lipinski definition) is 3. The Morgan fingerprint density at radius 3 is 2.48 bits per heavy atom. The van der Waals surface area contributed by atoms with E-state index in [0.717, 1.165) is 51.5 Å². The van der Waals surface area contributed by atoms with Crippen molar-refractivity contribution in [3.05, 3.63) is 63.6 Å². The molecular formula is C22H27Cl2N3. The monoisotopic (exact) mass is 403 g/mol. The summed E-state index contributed by atoms with van der Waals surface area (Å²) in [5.41, 5.74) is 4.09. The zero-order valence-corrected chi connectivity index (χ0v) is 17.4. The van der Waals surface area contributed by atoms with Crippen LogP contribution in [0, 0.1) is 0 Å². The molecule has 0 radical (unpaired) electrons. The van der Waals surface area contributed by atoms with Gasteiger partial charge in [-0.1, -0.05) is 53.5 Å². The van der Waals surface area contributed by atoms with E-state index in [2.05, 4.69) is 52.0 Å². The maximum absolute atomic E-state index is 6.39. The quantitative estimate of drug-likeness (QED) is 0.729. The van der Waals surface area contributed by atoms with Gasteiger partial charge in [-0.25, -0.2) is 0 Å². The molecule has 5 heteroatoms. The summed E-state index contributed by atoms with van der Waals surface area (Å²) in [6.07, 6.45) is 1.17. The molecule has 1 fully saturated rings. The minimum absolute atomic E-state index is 0.515. The third-order valence-corrected chi connectivity index (χ3v) is 6.88. The van der Waals surface area contributed by atoms with E-state index in [0.29, 0.717) is 16.1 Å². The first-order chi connectivity index (χ1) is 13.1. The van der Waals surface area contributed by atoms with Gasteiger partial charge in [-0.05, 0) is 36.6 Å². The smallest absolute Gasteiger partial charge is 0.0825 e. The minimum atomic E-state index is 0.515. The predicted octanol–water partition coefficient (Wildman–Crippen LogP) is 4.73. The second-order valence-corrected chi connectivity index (χ2v) is 8.35. The van der Waals surface area contributed by atoms with Gasteiger partial charge in [0.1, 0.15) is 0 Å². The van der Waals surface area contributed by atoms with Gasteiger partial charge in [-0.3, -0.25) is 9.80 Å². The lowest BCUT2D eigenvalue weighted by molar-refractivity contribution is 0.156. The first-order valence-electron chi connectivity index (χ1n) is 9.86. The van der Waals surface area contributed by atoms with E-state index in [4.69, 9.17) is 23.2 Å². The number of fused-ring (bicyclic) bond motifs is 1.